The molecule has 4 rings (SSSR count). The molecular formula is C20H15FN4. The molecule has 2 N–H and O–H groups in total. The molecule has 0 fully saturated rings. The Labute approximate surface area is 144 Å². The van der Waals surface area contributed by atoms with Crippen molar-refractivity contribution in [2.75, 3.05) is 5.73 Å². The minimum Gasteiger partial charge on any atom is -0.383 e. The van der Waals surface area contributed by atoms with Crippen LogP contribution in [-0.4, -0.2) is 14.8 Å². The van der Waals surface area contributed by atoms with E-state index in [0.717, 1.165) is 28.1 Å². The summed E-state index contributed by atoms with van der Waals surface area (Å²) < 4.78 is 15.0. The van der Waals surface area contributed by atoms with Crippen LogP contribution < -0.4 is 5.73 Å². The van der Waals surface area contributed by atoms with E-state index in [1.807, 2.05) is 42.5 Å². The molecule has 0 spiro atoms. The van der Waals surface area contributed by atoms with Crippen molar-refractivity contribution in [2.45, 2.75) is 0 Å². The predicted octanol–water partition coefficient (Wildman–Crippen LogP) is 4.32. The van der Waals surface area contributed by atoms with Crippen LogP contribution in [0.5, 0.6) is 0 Å². The Kier molecular flexibility index (Phi) is 3.74. The van der Waals surface area contributed by atoms with Gasteiger partial charge in [0.2, 0.25) is 0 Å². The monoisotopic (exact) mass is 330 g/mol. The van der Waals surface area contributed by atoms with Crippen LogP contribution in [0.1, 0.15) is 0 Å². The summed E-state index contributed by atoms with van der Waals surface area (Å²) in [5.74, 6) is 0.216. The van der Waals surface area contributed by atoms with Crippen molar-refractivity contribution < 1.29 is 4.39 Å². The highest BCUT2D eigenvalue weighted by Gasteiger charge is 2.19. The molecule has 0 unspecified atom stereocenters. The van der Waals surface area contributed by atoms with Crippen LogP contribution in [0.3, 0.4) is 0 Å². The zero-order chi connectivity index (χ0) is 17.2. The highest BCUT2D eigenvalue weighted by molar-refractivity contribution is 5.88. The van der Waals surface area contributed by atoms with E-state index in [1.54, 1.807) is 29.2 Å². The lowest BCUT2D eigenvalue weighted by Gasteiger charge is -2.05. The number of halogens is 1. The van der Waals surface area contributed by atoms with Crippen LogP contribution in [0, 0.1) is 5.82 Å². The lowest BCUT2D eigenvalue weighted by molar-refractivity contribution is 0.628. The van der Waals surface area contributed by atoms with Gasteiger partial charge in [-0.3, -0.25) is 4.98 Å². The maximum absolute atomic E-state index is 13.3. The lowest BCUT2D eigenvalue weighted by atomic mass is 10.0. The number of hydrogen-bond donors (Lipinski definition) is 1. The third-order valence-corrected chi connectivity index (χ3v) is 4.01. The molecule has 25 heavy (non-hydrogen) atoms. The summed E-state index contributed by atoms with van der Waals surface area (Å²) in [7, 11) is 0. The number of pyridine rings is 1. The fraction of sp³-hybridized carbons (Fsp3) is 0. The topological polar surface area (TPSA) is 56.7 Å². The smallest absolute Gasteiger partial charge is 0.135 e. The molecule has 4 nitrogen and oxygen atoms in total. The standard InChI is InChI=1S/C20H15FN4/c21-16-8-6-14(7-9-16)18-19(15-10-12-23-13-11-15)24-25(20(18)22)17-4-2-1-3-5-17/h1-13H,22H2. The summed E-state index contributed by atoms with van der Waals surface area (Å²) >= 11 is 0. The van der Waals surface area contributed by atoms with Crippen molar-refractivity contribution in [2.24, 2.45) is 0 Å². The predicted molar refractivity (Wildman–Crippen MR) is 96.6 cm³/mol. The molecule has 0 atom stereocenters. The summed E-state index contributed by atoms with van der Waals surface area (Å²) in [6, 6.07) is 19.7. The summed E-state index contributed by atoms with van der Waals surface area (Å²) in [6.07, 6.45) is 3.42. The van der Waals surface area contributed by atoms with E-state index in [-0.39, 0.29) is 5.82 Å². The van der Waals surface area contributed by atoms with E-state index in [1.165, 1.54) is 12.1 Å². The Bertz CT molecular complexity index is 993. The molecule has 122 valence electrons. The highest BCUT2D eigenvalue weighted by Crippen LogP contribution is 2.37. The first kappa shape index (κ1) is 15.1. The zero-order valence-corrected chi connectivity index (χ0v) is 13.3. The fourth-order valence-electron chi connectivity index (χ4n) is 2.81. The van der Waals surface area contributed by atoms with Gasteiger partial charge in [0.25, 0.3) is 0 Å². The molecule has 2 aromatic carbocycles. The second kappa shape index (κ2) is 6.20. The van der Waals surface area contributed by atoms with Crippen LogP contribution in [-0.2, 0) is 0 Å². The number of rotatable bonds is 3. The summed E-state index contributed by atoms with van der Waals surface area (Å²) in [5.41, 5.74) is 10.5. The number of para-hydroxylation sites is 1. The number of benzene rings is 2. The minimum atomic E-state index is -0.289. The Hall–Kier alpha value is -3.47. The molecule has 0 aliphatic carbocycles. The molecule has 0 aliphatic heterocycles. The van der Waals surface area contributed by atoms with Crippen LogP contribution >= 0.6 is 0 Å². The number of aromatic nitrogens is 3. The second-order valence-electron chi connectivity index (χ2n) is 5.60. The molecule has 4 aromatic rings. The Morgan fingerprint density at radius 2 is 1.48 bits per heavy atom. The zero-order valence-electron chi connectivity index (χ0n) is 13.3. The Morgan fingerprint density at radius 1 is 0.800 bits per heavy atom. The van der Waals surface area contributed by atoms with E-state index in [2.05, 4.69) is 4.98 Å². The van der Waals surface area contributed by atoms with Gasteiger partial charge in [0.15, 0.2) is 0 Å². The van der Waals surface area contributed by atoms with Gasteiger partial charge in [0, 0.05) is 18.0 Å². The first-order chi connectivity index (χ1) is 12.2. The highest BCUT2D eigenvalue weighted by atomic mass is 19.1. The van der Waals surface area contributed by atoms with Crippen molar-refractivity contribution >= 4 is 5.82 Å². The van der Waals surface area contributed by atoms with Crippen LogP contribution in [0.4, 0.5) is 10.2 Å². The number of anilines is 1. The molecule has 5 heteroatoms. The minimum absolute atomic E-state index is 0.289. The molecule has 0 bridgehead atoms. The fourth-order valence-corrected chi connectivity index (χ4v) is 2.81. The summed E-state index contributed by atoms with van der Waals surface area (Å²) in [4.78, 5) is 4.06. The lowest BCUT2D eigenvalue weighted by Crippen LogP contribution is -2.01. The number of hydrogen-bond acceptors (Lipinski definition) is 3. The first-order valence-corrected chi connectivity index (χ1v) is 7.84. The van der Waals surface area contributed by atoms with E-state index < -0.39 is 0 Å². The number of nitrogens with zero attached hydrogens (tertiary/aromatic N) is 3. The largest absolute Gasteiger partial charge is 0.383 e. The molecule has 0 saturated carbocycles. The van der Waals surface area contributed by atoms with Gasteiger partial charge >= 0.3 is 0 Å². The van der Waals surface area contributed by atoms with Gasteiger partial charge < -0.3 is 5.73 Å². The van der Waals surface area contributed by atoms with Gasteiger partial charge in [-0.2, -0.15) is 5.10 Å². The average molecular weight is 330 g/mol. The number of nitrogens with two attached hydrogens (primary N) is 1. The molecule has 0 radical (unpaired) electrons. The first-order valence-electron chi connectivity index (χ1n) is 7.84. The second-order valence-corrected chi connectivity index (χ2v) is 5.60. The van der Waals surface area contributed by atoms with E-state index in [4.69, 9.17) is 10.8 Å². The average Bonchev–Trinajstić information content (AvgIpc) is 3.01. The van der Waals surface area contributed by atoms with Crippen molar-refractivity contribution in [1.82, 2.24) is 14.8 Å². The molecule has 0 amide bonds. The van der Waals surface area contributed by atoms with E-state index >= 15 is 0 Å². The maximum Gasteiger partial charge on any atom is 0.135 e. The quantitative estimate of drug-likeness (QED) is 0.608. The molecule has 2 aromatic heterocycles. The molecule has 0 aliphatic rings. The SMILES string of the molecule is Nc1c(-c2ccc(F)cc2)c(-c2ccncc2)nn1-c1ccccc1. The molecule has 0 saturated heterocycles. The van der Waals surface area contributed by atoms with Crippen molar-refractivity contribution in [3.8, 4) is 28.1 Å². The summed E-state index contributed by atoms with van der Waals surface area (Å²) in [5, 5.41) is 4.72. The van der Waals surface area contributed by atoms with Gasteiger partial charge in [0.1, 0.15) is 17.3 Å². The summed E-state index contributed by atoms with van der Waals surface area (Å²) in [6.45, 7) is 0. The van der Waals surface area contributed by atoms with Crippen molar-refractivity contribution in [3.05, 3.63) is 84.9 Å². The number of nitrogen functional groups attached to an aromatic ring is 1. The maximum atomic E-state index is 13.3. The van der Waals surface area contributed by atoms with E-state index in [9.17, 15) is 4.39 Å². The van der Waals surface area contributed by atoms with Crippen molar-refractivity contribution in [1.29, 1.82) is 0 Å². The molecular weight excluding hydrogens is 315 g/mol. The van der Waals surface area contributed by atoms with Gasteiger partial charge in [-0.05, 0) is 42.0 Å². The third kappa shape index (κ3) is 2.76. The van der Waals surface area contributed by atoms with Gasteiger partial charge in [-0.25, -0.2) is 9.07 Å². The molecule has 2 heterocycles. The van der Waals surface area contributed by atoms with Crippen LogP contribution in [0.2, 0.25) is 0 Å². The third-order valence-electron chi connectivity index (χ3n) is 4.01. The Morgan fingerprint density at radius 3 is 2.16 bits per heavy atom. The van der Waals surface area contributed by atoms with Gasteiger partial charge in [-0.1, -0.05) is 30.3 Å². The normalized spacial score (nSPS) is 10.8. The van der Waals surface area contributed by atoms with E-state index in [0.29, 0.717) is 5.82 Å². The van der Waals surface area contributed by atoms with Crippen LogP contribution in [0.15, 0.2) is 79.1 Å². The van der Waals surface area contributed by atoms with Crippen molar-refractivity contribution in [3.63, 3.8) is 0 Å². The Balaban J connectivity index is 1.97. The van der Waals surface area contributed by atoms with Gasteiger partial charge in [-0.15, -0.1) is 0 Å². The van der Waals surface area contributed by atoms with Crippen LogP contribution in [0.25, 0.3) is 28.1 Å². The van der Waals surface area contributed by atoms with Gasteiger partial charge in [0.05, 0.1) is 11.3 Å².